The van der Waals surface area contributed by atoms with Crippen LogP contribution in [0.25, 0.3) is 0 Å². The molecule has 0 saturated carbocycles. The zero-order valence-electron chi connectivity index (χ0n) is 19.4. The molecule has 1 aromatic heterocycles. The number of esters is 1. The number of hydrogen-bond donors (Lipinski definition) is 1. The quantitative estimate of drug-likeness (QED) is 0.198. The first-order chi connectivity index (χ1) is 16.7. The lowest BCUT2D eigenvalue weighted by atomic mass is 10.0. The van der Waals surface area contributed by atoms with Crippen molar-refractivity contribution in [1.82, 2.24) is 4.98 Å². The van der Waals surface area contributed by atoms with E-state index in [-0.39, 0.29) is 33.5 Å². The van der Waals surface area contributed by atoms with Crippen LogP contribution in [0, 0.1) is 11.7 Å². The number of ether oxygens (including phenoxy) is 3. The number of benzene rings is 2. The van der Waals surface area contributed by atoms with Crippen molar-refractivity contribution in [2.45, 2.75) is 32.5 Å². The van der Waals surface area contributed by atoms with Gasteiger partial charge in [-0.1, -0.05) is 55.0 Å². The number of para-hydroxylation sites is 1. The molecular weight excluding hydrogens is 493 g/mol. The summed E-state index contributed by atoms with van der Waals surface area (Å²) in [6.07, 6.45) is 0.0158. The van der Waals surface area contributed by atoms with Gasteiger partial charge < -0.3 is 19.3 Å². The third-order valence-corrected chi connectivity index (χ3v) is 5.96. The number of aromatic hydroxyl groups is 1. The van der Waals surface area contributed by atoms with E-state index in [0.717, 1.165) is 0 Å². The zero-order valence-corrected chi connectivity index (χ0v) is 21.0. The van der Waals surface area contributed by atoms with Crippen molar-refractivity contribution in [3.8, 4) is 17.2 Å². The largest absolute Gasteiger partial charge is 0.503 e. The van der Waals surface area contributed by atoms with E-state index in [1.54, 1.807) is 38.1 Å². The number of hydrogen-bond acceptors (Lipinski definition) is 7. The molecule has 6 nitrogen and oxygen atoms in total. The van der Waals surface area contributed by atoms with Crippen LogP contribution >= 0.6 is 23.8 Å². The van der Waals surface area contributed by atoms with E-state index in [1.165, 1.54) is 37.6 Å². The average Bonchev–Trinajstić information content (AvgIpc) is 2.83. The molecule has 0 unspecified atom stereocenters. The van der Waals surface area contributed by atoms with Crippen LogP contribution in [0.4, 0.5) is 4.39 Å². The van der Waals surface area contributed by atoms with Gasteiger partial charge in [-0.05, 0) is 37.6 Å². The molecule has 0 bridgehead atoms. The summed E-state index contributed by atoms with van der Waals surface area (Å²) in [6.45, 7) is 3.34. The third-order valence-electron chi connectivity index (χ3n) is 5.27. The predicted molar refractivity (Wildman–Crippen MR) is 135 cm³/mol. The molecule has 3 atom stereocenters. The molecule has 0 spiro atoms. The fraction of sp³-hybridized carbons (Fsp3) is 0.269. The maximum absolute atomic E-state index is 13.6. The van der Waals surface area contributed by atoms with E-state index in [4.69, 9.17) is 38.0 Å². The Morgan fingerprint density at radius 2 is 1.89 bits per heavy atom. The van der Waals surface area contributed by atoms with Crippen molar-refractivity contribution in [2.75, 3.05) is 7.11 Å². The molecule has 1 heterocycles. The first-order valence-corrected chi connectivity index (χ1v) is 11.6. The van der Waals surface area contributed by atoms with Crippen LogP contribution in [0.15, 0.2) is 60.8 Å². The highest BCUT2D eigenvalue weighted by Crippen LogP contribution is 2.33. The van der Waals surface area contributed by atoms with Crippen LogP contribution in [0.5, 0.6) is 17.2 Å². The molecule has 9 heteroatoms. The molecule has 0 amide bonds. The third kappa shape index (κ3) is 6.68. The Balaban J connectivity index is 1.75. The molecule has 2 aromatic carbocycles. The fourth-order valence-corrected chi connectivity index (χ4v) is 4.09. The SMILES string of the molecule is COc1ccnc(C(=S)C[C@@H](C)C(=O)O[C@@H](C)[C@H](Oc2ccccc2)c2ccc(F)cc2Cl)c1O. The smallest absolute Gasteiger partial charge is 0.309 e. The lowest BCUT2D eigenvalue weighted by Crippen LogP contribution is -2.30. The second kappa shape index (κ2) is 12.0. The summed E-state index contributed by atoms with van der Waals surface area (Å²) in [5.41, 5.74) is 0.654. The van der Waals surface area contributed by atoms with E-state index in [0.29, 0.717) is 11.3 Å². The van der Waals surface area contributed by atoms with Crippen molar-refractivity contribution in [1.29, 1.82) is 0 Å². The van der Waals surface area contributed by atoms with E-state index in [1.807, 2.05) is 6.07 Å². The van der Waals surface area contributed by atoms with Gasteiger partial charge in [0, 0.05) is 22.7 Å². The Morgan fingerprint density at radius 1 is 1.17 bits per heavy atom. The minimum atomic E-state index is -0.794. The normalized spacial score (nSPS) is 13.4. The van der Waals surface area contributed by atoms with Crippen LogP contribution in [0.3, 0.4) is 0 Å². The Hall–Kier alpha value is -3.23. The van der Waals surface area contributed by atoms with Gasteiger partial charge >= 0.3 is 5.97 Å². The van der Waals surface area contributed by atoms with Crippen molar-refractivity contribution in [3.63, 3.8) is 0 Å². The summed E-state index contributed by atoms with van der Waals surface area (Å²) >= 11 is 11.7. The standard InChI is InChI=1S/C26H25ClFNO5S/c1-15(13-22(35)23-24(30)21(32-3)11-12-29-23)26(31)33-16(2)25(34-18-7-5-4-6-8-18)19-10-9-17(28)14-20(19)27/h4-12,14-16,25,30H,13H2,1-3H3/t15-,16+,25+/m1/s1. The number of rotatable bonds is 10. The Kier molecular flexibility index (Phi) is 9.01. The van der Waals surface area contributed by atoms with Gasteiger partial charge in [-0.25, -0.2) is 4.39 Å². The Morgan fingerprint density at radius 3 is 2.54 bits per heavy atom. The molecule has 3 rings (SSSR count). The number of methoxy groups -OCH3 is 1. The van der Waals surface area contributed by atoms with Gasteiger partial charge in [0.1, 0.15) is 23.4 Å². The number of carbonyl (C=O) groups excluding carboxylic acids is 1. The van der Waals surface area contributed by atoms with Gasteiger partial charge in [0.2, 0.25) is 0 Å². The maximum Gasteiger partial charge on any atom is 0.309 e. The van der Waals surface area contributed by atoms with Gasteiger partial charge in [-0.15, -0.1) is 0 Å². The number of aromatic nitrogens is 1. The van der Waals surface area contributed by atoms with Gasteiger partial charge in [0.25, 0.3) is 0 Å². The summed E-state index contributed by atoms with van der Waals surface area (Å²) in [6, 6.07) is 14.4. The second-order valence-corrected chi connectivity index (χ2v) is 8.80. The highest BCUT2D eigenvalue weighted by molar-refractivity contribution is 7.80. The van der Waals surface area contributed by atoms with Crippen molar-refractivity contribution in [3.05, 3.63) is 82.9 Å². The van der Waals surface area contributed by atoms with Crippen molar-refractivity contribution >= 4 is 34.7 Å². The minimum Gasteiger partial charge on any atom is -0.503 e. The molecule has 1 N–H and O–H groups in total. The van der Waals surface area contributed by atoms with Gasteiger partial charge in [-0.2, -0.15) is 0 Å². The number of thiocarbonyl (C=S) groups is 1. The topological polar surface area (TPSA) is 77.9 Å². The summed E-state index contributed by atoms with van der Waals surface area (Å²) in [7, 11) is 1.42. The van der Waals surface area contributed by atoms with Crippen LogP contribution in [0.1, 0.15) is 37.6 Å². The molecule has 0 saturated heterocycles. The monoisotopic (exact) mass is 517 g/mol. The van der Waals surface area contributed by atoms with Crippen molar-refractivity contribution in [2.24, 2.45) is 5.92 Å². The van der Waals surface area contributed by atoms with Gasteiger partial charge in [0.05, 0.1) is 18.1 Å². The average molecular weight is 518 g/mol. The molecule has 3 aromatic rings. The molecule has 184 valence electrons. The molecule has 35 heavy (non-hydrogen) atoms. The Labute approximate surface area is 213 Å². The molecule has 0 aliphatic carbocycles. The summed E-state index contributed by atoms with van der Waals surface area (Å²) in [4.78, 5) is 17.3. The number of nitrogens with zero attached hydrogens (tertiary/aromatic N) is 1. The molecule has 0 aliphatic heterocycles. The van der Waals surface area contributed by atoms with E-state index < -0.39 is 29.9 Å². The summed E-state index contributed by atoms with van der Waals surface area (Å²) < 4.78 is 30.5. The number of halogens is 2. The van der Waals surface area contributed by atoms with Crippen molar-refractivity contribution < 1.29 is 28.5 Å². The maximum atomic E-state index is 13.6. The first-order valence-electron chi connectivity index (χ1n) is 10.8. The van der Waals surface area contributed by atoms with Crippen LogP contribution in [-0.2, 0) is 9.53 Å². The highest BCUT2D eigenvalue weighted by Gasteiger charge is 2.29. The van der Waals surface area contributed by atoms with Crippen LogP contribution < -0.4 is 9.47 Å². The number of pyridine rings is 1. The summed E-state index contributed by atoms with van der Waals surface area (Å²) in [5.74, 6) is -1.07. The second-order valence-electron chi connectivity index (χ2n) is 7.90. The molecule has 0 aliphatic rings. The van der Waals surface area contributed by atoms with Crippen LogP contribution in [0.2, 0.25) is 5.02 Å². The lowest BCUT2D eigenvalue weighted by Gasteiger charge is -2.27. The molecular formula is C26H25ClFNO5S. The van der Waals surface area contributed by atoms with Gasteiger partial charge in [0.15, 0.2) is 17.6 Å². The van der Waals surface area contributed by atoms with Crippen LogP contribution in [-0.4, -0.2) is 34.1 Å². The first kappa shape index (κ1) is 26.4. The fourth-order valence-electron chi connectivity index (χ4n) is 3.41. The predicted octanol–water partition coefficient (Wildman–Crippen LogP) is 6.08. The lowest BCUT2D eigenvalue weighted by molar-refractivity contribution is -0.157. The highest BCUT2D eigenvalue weighted by atomic mass is 35.5. The zero-order chi connectivity index (χ0) is 25.5. The number of carbonyl (C=O) groups is 1. The van der Waals surface area contributed by atoms with E-state index in [2.05, 4.69) is 4.98 Å². The van der Waals surface area contributed by atoms with E-state index >= 15 is 0 Å². The minimum absolute atomic E-state index is 0.121. The van der Waals surface area contributed by atoms with E-state index in [9.17, 15) is 14.3 Å². The Bertz CT molecular complexity index is 1190. The summed E-state index contributed by atoms with van der Waals surface area (Å²) in [5, 5.41) is 10.4. The van der Waals surface area contributed by atoms with Gasteiger partial charge in [-0.3, -0.25) is 9.78 Å². The molecule has 0 radical (unpaired) electrons. The molecule has 0 fully saturated rings.